The molecule has 0 saturated carbocycles. The summed E-state index contributed by atoms with van der Waals surface area (Å²) >= 11 is 0. The van der Waals surface area contributed by atoms with Crippen molar-refractivity contribution in [1.82, 2.24) is 9.55 Å². The van der Waals surface area contributed by atoms with Crippen LogP contribution in [0.25, 0.3) is 0 Å². The van der Waals surface area contributed by atoms with E-state index in [-0.39, 0.29) is 12.2 Å². The second kappa shape index (κ2) is 6.98. The molecule has 1 N–H and O–H groups in total. The topological polar surface area (TPSA) is 72.2 Å². The van der Waals surface area contributed by atoms with Crippen LogP contribution in [0.1, 0.15) is 41.7 Å². The molecule has 0 fully saturated rings. The highest BCUT2D eigenvalue weighted by atomic mass is 19.1. The Morgan fingerprint density at radius 1 is 1.41 bits per heavy atom. The van der Waals surface area contributed by atoms with Gasteiger partial charge in [0.1, 0.15) is 11.5 Å². The Labute approximate surface area is 127 Å². The number of carbonyl (C=O) groups is 2. The summed E-state index contributed by atoms with van der Waals surface area (Å²) in [6, 6.07) is 5.91. The van der Waals surface area contributed by atoms with Crippen molar-refractivity contribution < 1.29 is 19.1 Å². The highest BCUT2D eigenvalue weighted by Gasteiger charge is 2.18. The van der Waals surface area contributed by atoms with Crippen molar-refractivity contribution in [1.29, 1.82) is 0 Å². The van der Waals surface area contributed by atoms with Gasteiger partial charge in [0.05, 0.1) is 12.7 Å². The Morgan fingerprint density at radius 2 is 2.18 bits per heavy atom. The first-order valence-electron chi connectivity index (χ1n) is 7.01. The number of ketones is 1. The van der Waals surface area contributed by atoms with Gasteiger partial charge in [0.15, 0.2) is 5.78 Å². The highest BCUT2D eigenvalue weighted by Crippen LogP contribution is 2.23. The minimum Gasteiger partial charge on any atom is -0.481 e. The van der Waals surface area contributed by atoms with Crippen LogP contribution in [0.3, 0.4) is 0 Å². The average Bonchev–Trinajstić information content (AvgIpc) is 2.94. The van der Waals surface area contributed by atoms with Gasteiger partial charge < -0.3 is 9.67 Å². The van der Waals surface area contributed by atoms with Crippen molar-refractivity contribution in [3.05, 3.63) is 53.9 Å². The number of imidazole rings is 1. The van der Waals surface area contributed by atoms with Crippen LogP contribution in [0.5, 0.6) is 0 Å². The molecule has 2 aromatic rings. The number of nitrogens with zero attached hydrogens (tertiary/aromatic N) is 2. The zero-order valence-electron chi connectivity index (χ0n) is 12.2. The van der Waals surface area contributed by atoms with Gasteiger partial charge in [-0.05, 0) is 17.7 Å². The molecule has 0 aliphatic carbocycles. The molecule has 0 radical (unpaired) electrons. The van der Waals surface area contributed by atoms with Gasteiger partial charge >= 0.3 is 5.97 Å². The number of carboxylic acid groups (broad SMARTS) is 1. The summed E-state index contributed by atoms with van der Waals surface area (Å²) in [5, 5.41) is 9.05. The minimum absolute atomic E-state index is 0.0701. The number of aromatic nitrogens is 2. The predicted octanol–water partition coefficient (Wildman–Crippen LogP) is 2.87. The third-order valence-corrected chi connectivity index (χ3v) is 3.41. The van der Waals surface area contributed by atoms with Crippen LogP contribution in [0.2, 0.25) is 0 Å². The number of benzene rings is 1. The molecule has 2 rings (SSSR count). The molecule has 0 aliphatic rings. The molecule has 116 valence electrons. The van der Waals surface area contributed by atoms with Gasteiger partial charge in [-0.3, -0.25) is 9.59 Å². The Hall–Kier alpha value is -2.50. The molecular weight excluding hydrogens is 287 g/mol. The van der Waals surface area contributed by atoms with E-state index >= 15 is 0 Å². The molecule has 5 nitrogen and oxygen atoms in total. The summed E-state index contributed by atoms with van der Waals surface area (Å²) in [6.07, 6.45) is 3.33. The second-order valence-electron chi connectivity index (χ2n) is 5.08. The fourth-order valence-corrected chi connectivity index (χ4v) is 2.30. The van der Waals surface area contributed by atoms with E-state index in [1.54, 1.807) is 29.8 Å². The fraction of sp³-hybridized carbons (Fsp3) is 0.312. The molecule has 1 aromatic heterocycles. The summed E-state index contributed by atoms with van der Waals surface area (Å²) in [5.41, 5.74) is 0.968. The Morgan fingerprint density at radius 3 is 2.82 bits per heavy atom. The summed E-state index contributed by atoms with van der Waals surface area (Å²) < 4.78 is 15.0. The highest BCUT2D eigenvalue weighted by molar-refractivity contribution is 5.93. The van der Waals surface area contributed by atoms with E-state index in [0.29, 0.717) is 24.2 Å². The van der Waals surface area contributed by atoms with Gasteiger partial charge in [-0.25, -0.2) is 9.37 Å². The summed E-state index contributed by atoms with van der Waals surface area (Å²) in [5.74, 6) is -1.83. The van der Waals surface area contributed by atoms with Crippen LogP contribution in [-0.2, 0) is 11.3 Å². The normalized spacial score (nSPS) is 12.1. The van der Waals surface area contributed by atoms with Crippen molar-refractivity contribution in [3.8, 4) is 0 Å². The molecule has 1 atom stereocenters. The number of halogens is 1. The second-order valence-corrected chi connectivity index (χ2v) is 5.08. The number of carboxylic acids is 1. The number of hydrogen-bond donors (Lipinski definition) is 1. The van der Waals surface area contributed by atoms with E-state index in [4.69, 9.17) is 5.11 Å². The number of carbonyl (C=O) groups excluding carboxylic acids is 1. The molecule has 6 heteroatoms. The van der Waals surface area contributed by atoms with E-state index in [1.165, 1.54) is 18.5 Å². The molecule has 0 saturated heterocycles. The lowest BCUT2D eigenvalue weighted by molar-refractivity contribution is -0.137. The van der Waals surface area contributed by atoms with Crippen molar-refractivity contribution in [2.75, 3.05) is 0 Å². The SMILES string of the molecule is CCC(=O)c1cn(CC(CC(=O)O)c2cccc(F)c2)cn1. The van der Waals surface area contributed by atoms with Crippen LogP contribution in [0, 0.1) is 5.82 Å². The first kappa shape index (κ1) is 15.9. The number of Topliss-reactive ketones (excluding diaryl/α,β-unsaturated/α-hetero) is 1. The summed E-state index contributed by atoms with van der Waals surface area (Å²) in [4.78, 5) is 26.7. The Balaban J connectivity index is 2.21. The molecule has 1 aromatic carbocycles. The van der Waals surface area contributed by atoms with Gasteiger partial charge in [0.2, 0.25) is 0 Å². The molecule has 0 bridgehead atoms. The van der Waals surface area contributed by atoms with E-state index in [9.17, 15) is 14.0 Å². The fourth-order valence-electron chi connectivity index (χ4n) is 2.30. The molecule has 0 aliphatic heterocycles. The van der Waals surface area contributed by atoms with Crippen LogP contribution in [0.15, 0.2) is 36.8 Å². The van der Waals surface area contributed by atoms with E-state index < -0.39 is 17.7 Å². The molecule has 1 heterocycles. The van der Waals surface area contributed by atoms with Gasteiger partial charge in [-0.1, -0.05) is 19.1 Å². The van der Waals surface area contributed by atoms with Crippen molar-refractivity contribution >= 4 is 11.8 Å². The summed E-state index contributed by atoms with van der Waals surface area (Å²) in [6.45, 7) is 2.07. The first-order valence-corrected chi connectivity index (χ1v) is 7.01. The molecule has 22 heavy (non-hydrogen) atoms. The standard InChI is InChI=1S/C16H17FN2O3/c1-2-15(20)14-9-19(10-18-14)8-12(7-16(21)22)11-4-3-5-13(17)6-11/h3-6,9-10,12H,2,7-8H2,1H3,(H,21,22). The average molecular weight is 304 g/mol. The van der Waals surface area contributed by atoms with Crippen LogP contribution < -0.4 is 0 Å². The molecule has 0 spiro atoms. The lowest BCUT2D eigenvalue weighted by atomic mass is 9.95. The molecule has 1 unspecified atom stereocenters. The first-order chi connectivity index (χ1) is 10.5. The largest absolute Gasteiger partial charge is 0.481 e. The van der Waals surface area contributed by atoms with E-state index in [2.05, 4.69) is 4.98 Å². The van der Waals surface area contributed by atoms with Gasteiger partial charge in [-0.15, -0.1) is 0 Å². The zero-order valence-corrected chi connectivity index (χ0v) is 12.2. The number of aliphatic carboxylic acids is 1. The van der Waals surface area contributed by atoms with Crippen LogP contribution in [-0.4, -0.2) is 26.4 Å². The van der Waals surface area contributed by atoms with Crippen molar-refractivity contribution in [2.24, 2.45) is 0 Å². The number of rotatable bonds is 7. The maximum atomic E-state index is 13.3. The predicted molar refractivity (Wildman–Crippen MR) is 78.2 cm³/mol. The lowest BCUT2D eigenvalue weighted by Crippen LogP contribution is -2.13. The Kier molecular flexibility index (Phi) is 5.04. The summed E-state index contributed by atoms with van der Waals surface area (Å²) in [7, 11) is 0. The lowest BCUT2D eigenvalue weighted by Gasteiger charge is -2.16. The third-order valence-electron chi connectivity index (χ3n) is 3.41. The quantitative estimate of drug-likeness (QED) is 0.798. The monoisotopic (exact) mass is 304 g/mol. The number of hydrogen-bond acceptors (Lipinski definition) is 3. The smallest absolute Gasteiger partial charge is 0.304 e. The van der Waals surface area contributed by atoms with Gasteiger partial charge in [0.25, 0.3) is 0 Å². The van der Waals surface area contributed by atoms with Gasteiger partial charge in [-0.2, -0.15) is 0 Å². The van der Waals surface area contributed by atoms with Gasteiger partial charge in [0, 0.05) is 25.1 Å². The van der Waals surface area contributed by atoms with E-state index in [0.717, 1.165) is 0 Å². The minimum atomic E-state index is -0.959. The van der Waals surface area contributed by atoms with Crippen LogP contribution >= 0.6 is 0 Å². The zero-order chi connectivity index (χ0) is 16.1. The van der Waals surface area contributed by atoms with Crippen LogP contribution in [0.4, 0.5) is 4.39 Å². The molecular formula is C16H17FN2O3. The third kappa shape index (κ3) is 4.00. The van der Waals surface area contributed by atoms with E-state index in [1.807, 2.05) is 0 Å². The molecule has 0 amide bonds. The maximum absolute atomic E-state index is 13.3. The van der Waals surface area contributed by atoms with Crippen molar-refractivity contribution in [2.45, 2.75) is 32.2 Å². The Bertz CT molecular complexity index is 682. The maximum Gasteiger partial charge on any atom is 0.304 e. The van der Waals surface area contributed by atoms with Crippen molar-refractivity contribution in [3.63, 3.8) is 0 Å².